The molecule has 4 aliphatic carbocycles. The predicted molar refractivity (Wildman–Crippen MR) is 110 cm³/mol. The molecule has 4 saturated carbocycles. The van der Waals surface area contributed by atoms with Gasteiger partial charge in [-0.15, -0.1) is 0 Å². The van der Waals surface area contributed by atoms with Crippen molar-refractivity contribution in [3.05, 3.63) is 24.3 Å². The maximum absolute atomic E-state index is 12.7. The third kappa shape index (κ3) is 4.24. The average molecular weight is 385 g/mol. The van der Waals surface area contributed by atoms with Crippen LogP contribution in [0.2, 0.25) is 0 Å². The fourth-order valence-electron chi connectivity index (χ4n) is 6.37. The normalized spacial score (nSPS) is 33.1. The minimum absolute atomic E-state index is 0.00605. The highest BCUT2D eigenvalue weighted by Crippen LogP contribution is 2.62. The van der Waals surface area contributed by atoms with E-state index >= 15 is 0 Å². The molecule has 152 valence electrons. The lowest BCUT2D eigenvalue weighted by Crippen LogP contribution is -2.56. The molecule has 1 aromatic carbocycles. The predicted octanol–water partition coefficient (Wildman–Crippen LogP) is 4.33. The minimum Gasteiger partial charge on any atom is -0.390 e. The Morgan fingerprint density at radius 2 is 1.54 bits per heavy atom. The summed E-state index contributed by atoms with van der Waals surface area (Å²) in [7, 11) is 0. The standard InChI is InChI=1S/C23H32N2O3/c1-15(2)7-20(26)24-18-3-5-19(6-4-18)25-21(27)13-22-9-16-8-17(10-22)12-23(28,11-16)14-22/h3-6,15-17,28H,7-14H2,1-2H3,(H,24,26)(H,25,27)/t16-,17-,22?,23?/m1/s1. The first-order valence-electron chi connectivity index (χ1n) is 10.6. The molecule has 2 atom stereocenters. The van der Waals surface area contributed by atoms with Gasteiger partial charge >= 0.3 is 0 Å². The molecule has 28 heavy (non-hydrogen) atoms. The fourth-order valence-corrected chi connectivity index (χ4v) is 6.37. The van der Waals surface area contributed by atoms with Crippen LogP contribution in [-0.2, 0) is 9.59 Å². The molecule has 3 N–H and O–H groups in total. The third-order valence-electron chi connectivity index (χ3n) is 6.73. The van der Waals surface area contributed by atoms with E-state index in [4.69, 9.17) is 0 Å². The molecule has 0 heterocycles. The Hall–Kier alpha value is -1.88. The lowest BCUT2D eigenvalue weighted by molar-refractivity contribution is -0.167. The van der Waals surface area contributed by atoms with Gasteiger partial charge in [0.15, 0.2) is 0 Å². The number of nitrogens with one attached hydrogen (secondary N) is 2. The average Bonchev–Trinajstić information content (AvgIpc) is 2.52. The van der Waals surface area contributed by atoms with Gasteiger partial charge in [0.2, 0.25) is 11.8 Å². The Bertz CT molecular complexity index is 742. The van der Waals surface area contributed by atoms with Crippen molar-refractivity contribution in [3.63, 3.8) is 0 Å². The monoisotopic (exact) mass is 384 g/mol. The van der Waals surface area contributed by atoms with E-state index in [2.05, 4.69) is 10.6 Å². The molecule has 5 nitrogen and oxygen atoms in total. The molecule has 4 bridgehead atoms. The molecule has 0 radical (unpaired) electrons. The Morgan fingerprint density at radius 1 is 1.00 bits per heavy atom. The largest absolute Gasteiger partial charge is 0.390 e. The number of hydrogen-bond donors (Lipinski definition) is 3. The van der Waals surface area contributed by atoms with E-state index in [1.54, 1.807) is 0 Å². The molecular formula is C23H32N2O3. The highest BCUT2D eigenvalue weighted by molar-refractivity contribution is 5.93. The van der Waals surface area contributed by atoms with Gasteiger partial charge in [-0.25, -0.2) is 0 Å². The molecule has 4 fully saturated rings. The second kappa shape index (κ2) is 7.18. The van der Waals surface area contributed by atoms with Crippen LogP contribution >= 0.6 is 0 Å². The van der Waals surface area contributed by atoms with Gasteiger partial charge in [-0.2, -0.15) is 0 Å². The van der Waals surface area contributed by atoms with E-state index < -0.39 is 5.60 Å². The Balaban J connectivity index is 1.34. The second-order valence-corrected chi connectivity index (χ2v) is 10.1. The molecule has 0 aromatic heterocycles. The van der Waals surface area contributed by atoms with Gasteiger partial charge in [-0.3, -0.25) is 9.59 Å². The molecule has 5 rings (SSSR count). The summed E-state index contributed by atoms with van der Waals surface area (Å²) < 4.78 is 0. The summed E-state index contributed by atoms with van der Waals surface area (Å²) in [6, 6.07) is 7.30. The summed E-state index contributed by atoms with van der Waals surface area (Å²) in [4.78, 5) is 24.6. The number of amides is 2. The van der Waals surface area contributed by atoms with E-state index in [9.17, 15) is 14.7 Å². The van der Waals surface area contributed by atoms with Gasteiger partial charge in [0.05, 0.1) is 5.60 Å². The molecular weight excluding hydrogens is 352 g/mol. The minimum atomic E-state index is -0.528. The van der Waals surface area contributed by atoms with Crippen LogP contribution in [0.4, 0.5) is 11.4 Å². The number of anilines is 2. The zero-order chi connectivity index (χ0) is 19.9. The third-order valence-corrected chi connectivity index (χ3v) is 6.73. The molecule has 0 unspecified atom stereocenters. The molecule has 5 heteroatoms. The first-order chi connectivity index (χ1) is 13.2. The number of hydrogen-bond acceptors (Lipinski definition) is 3. The molecule has 4 aliphatic rings. The van der Waals surface area contributed by atoms with Crippen molar-refractivity contribution in [1.82, 2.24) is 0 Å². The molecule has 2 amide bonds. The van der Waals surface area contributed by atoms with Crippen molar-refractivity contribution in [2.45, 2.75) is 70.8 Å². The van der Waals surface area contributed by atoms with E-state index in [-0.39, 0.29) is 17.2 Å². The molecule has 1 aromatic rings. The van der Waals surface area contributed by atoms with Crippen LogP contribution in [0, 0.1) is 23.2 Å². The van der Waals surface area contributed by atoms with Crippen LogP contribution in [0.3, 0.4) is 0 Å². The first kappa shape index (κ1) is 19.4. The maximum Gasteiger partial charge on any atom is 0.224 e. The quantitative estimate of drug-likeness (QED) is 0.683. The van der Waals surface area contributed by atoms with Crippen molar-refractivity contribution in [2.75, 3.05) is 10.6 Å². The lowest BCUT2D eigenvalue weighted by Gasteiger charge is -2.60. The Morgan fingerprint density at radius 3 is 2.04 bits per heavy atom. The van der Waals surface area contributed by atoms with E-state index in [1.807, 2.05) is 38.1 Å². The highest BCUT2D eigenvalue weighted by atomic mass is 16.3. The topological polar surface area (TPSA) is 78.4 Å². The summed E-state index contributed by atoms with van der Waals surface area (Å²) in [5.41, 5.74) is 0.940. The summed E-state index contributed by atoms with van der Waals surface area (Å²) in [6.45, 7) is 4.03. The molecule has 0 aliphatic heterocycles. The molecule has 0 saturated heterocycles. The summed E-state index contributed by atoms with van der Waals surface area (Å²) in [5.74, 6) is 1.54. The van der Waals surface area contributed by atoms with Gasteiger partial charge in [-0.1, -0.05) is 13.8 Å². The highest BCUT2D eigenvalue weighted by Gasteiger charge is 2.57. The lowest BCUT2D eigenvalue weighted by atomic mass is 9.47. The number of carbonyl (C=O) groups excluding carboxylic acids is 2. The Kier molecular flexibility index (Phi) is 4.98. The van der Waals surface area contributed by atoms with Crippen molar-refractivity contribution in [2.24, 2.45) is 23.2 Å². The summed E-state index contributed by atoms with van der Waals surface area (Å²) >= 11 is 0. The summed E-state index contributed by atoms with van der Waals surface area (Å²) in [6.07, 6.45) is 7.02. The summed E-state index contributed by atoms with van der Waals surface area (Å²) in [5, 5.41) is 16.8. The van der Waals surface area contributed by atoms with Crippen molar-refractivity contribution < 1.29 is 14.7 Å². The van der Waals surface area contributed by atoms with E-state index in [0.717, 1.165) is 43.5 Å². The SMILES string of the molecule is CC(C)CC(=O)Nc1ccc(NC(=O)CC23C[C@H]4C[C@@H](CC(O)(C4)C2)C3)cc1. The van der Waals surface area contributed by atoms with Crippen LogP contribution < -0.4 is 10.6 Å². The first-order valence-corrected chi connectivity index (χ1v) is 10.6. The molecule has 0 spiro atoms. The number of rotatable bonds is 6. The van der Waals surface area contributed by atoms with Crippen LogP contribution in [0.25, 0.3) is 0 Å². The Labute approximate surface area is 167 Å². The number of benzene rings is 1. The smallest absolute Gasteiger partial charge is 0.224 e. The van der Waals surface area contributed by atoms with Gasteiger partial charge in [0.25, 0.3) is 0 Å². The zero-order valence-electron chi connectivity index (χ0n) is 17.0. The van der Waals surface area contributed by atoms with Gasteiger partial charge in [0.1, 0.15) is 0 Å². The van der Waals surface area contributed by atoms with Crippen LogP contribution in [0.1, 0.15) is 65.2 Å². The number of carbonyl (C=O) groups is 2. The van der Waals surface area contributed by atoms with Crippen molar-refractivity contribution in [3.8, 4) is 0 Å². The van der Waals surface area contributed by atoms with E-state index in [0.29, 0.717) is 30.6 Å². The van der Waals surface area contributed by atoms with Gasteiger partial charge in [-0.05, 0) is 86.0 Å². The number of aliphatic hydroxyl groups is 1. The van der Waals surface area contributed by atoms with Gasteiger partial charge < -0.3 is 15.7 Å². The zero-order valence-corrected chi connectivity index (χ0v) is 17.0. The van der Waals surface area contributed by atoms with Crippen LogP contribution in [0.15, 0.2) is 24.3 Å². The van der Waals surface area contributed by atoms with Crippen LogP contribution in [0.5, 0.6) is 0 Å². The van der Waals surface area contributed by atoms with Gasteiger partial charge in [0, 0.05) is 24.2 Å². The second-order valence-electron chi connectivity index (χ2n) is 10.1. The van der Waals surface area contributed by atoms with Crippen molar-refractivity contribution >= 4 is 23.2 Å². The fraction of sp³-hybridized carbons (Fsp3) is 0.652. The van der Waals surface area contributed by atoms with Crippen molar-refractivity contribution in [1.29, 1.82) is 0 Å². The van der Waals surface area contributed by atoms with Crippen LogP contribution in [-0.4, -0.2) is 22.5 Å². The maximum atomic E-state index is 12.7. The van der Waals surface area contributed by atoms with E-state index in [1.165, 1.54) is 6.42 Å².